The molecule has 0 radical (unpaired) electrons. The largest absolute Gasteiger partial charge is 0.468 e. The third-order valence-electron chi connectivity index (χ3n) is 2.55. The Morgan fingerprint density at radius 1 is 1.05 bits per heavy atom. The molecule has 0 rings (SSSR count). The van der Waals surface area contributed by atoms with Crippen LogP contribution in [0.1, 0.15) is 27.7 Å². The van der Waals surface area contributed by atoms with E-state index in [4.69, 9.17) is 0 Å². The summed E-state index contributed by atoms with van der Waals surface area (Å²) in [6, 6.07) is -0.660. The fourth-order valence-corrected chi connectivity index (χ4v) is 1.43. The average molecular weight is 288 g/mol. The Balaban J connectivity index is 4.86. The third kappa shape index (κ3) is 7.08. The number of hydrogen-bond acceptors (Lipinski definition) is 6. The summed E-state index contributed by atoms with van der Waals surface area (Å²) in [7, 11) is 2.50. The van der Waals surface area contributed by atoms with Gasteiger partial charge in [0.15, 0.2) is 0 Å². The number of carbonyl (C=O) groups excluding carboxylic acids is 3. The van der Waals surface area contributed by atoms with Gasteiger partial charge in [0.1, 0.15) is 0 Å². The van der Waals surface area contributed by atoms with E-state index >= 15 is 0 Å². The van der Waals surface area contributed by atoms with Crippen molar-refractivity contribution < 1.29 is 23.9 Å². The maximum absolute atomic E-state index is 12.1. The molecule has 0 fully saturated rings. The third-order valence-corrected chi connectivity index (χ3v) is 2.55. The molecule has 0 aliphatic carbocycles. The van der Waals surface area contributed by atoms with Gasteiger partial charge in [-0.15, -0.1) is 0 Å². The van der Waals surface area contributed by atoms with Crippen molar-refractivity contribution in [2.45, 2.75) is 39.3 Å². The van der Waals surface area contributed by atoms with Crippen molar-refractivity contribution in [1.82, 2.24) is 10.2 Å². The lowest BCUT2D eigenvalue weighted by molar-refractivity contribution is -0.147. The molecule has 1 unspecified atom stereocenters. The van der Waals surface area contributed by atoms with Crippen molar-refractivity contribution in [1.29, 1.82) is 0 Å². The van der Waals surface area contributed by atoms with Crippen molar-refractivity contribution in [2.75, 3.05) is 27.3 Å². The standard InChI is InChI=1S/C13H24N2O5/c1-9(12(18)14-13(2,3)4)15(7-10(16)19-5)8-11(17)20-6/h9H,7-8H2,1-6H3,(H,14,18). The first-order chi connectivity index (χ1) is 9.10. The molecule has 1 amide bonds. The first kappa shape index (κ1) is 18.4. The van der Waals surface area contributed by atoms with Gasteiger partial charge in [-0.2, -0.15) is 0 Å². The molecule has 0 aromatic heterocycles. The van der Waals surface area contributed by atoms with Crippen LogP contribution in [0.3, 0.4) is 0 Å². The van der Waals surface area contributed by atoms with E-state index in [-0.39, 0.29) is 19.0 Å². The van der Waals surface area contributed by atoms with Crippen molar-refractivity contribution in [2.24, 2.45) is 0 Å². The molecule has 7 heteroatoms. The van der Waals surface area contributed by atoms with Gasteiger partial charge in [-0.25, -0.2) is 0 Å². The van der Waals surface area contributed by atoms with Gasteiger partial charge < -0.3 is 14.8 Å². The quantitative estimate of drug-likeness (QED) is 0.689. The highest BCUT2D eigenvalue weighted by Crippen LogP contribution is 2.05. The Morgan fingerprint density at radius 2 is 1.45 bits per heavy atom. The van der Waals surface area contributed by atoms with E-state index in [0.29, 0.717) is 0 Å². The first-order valence-corrected chi connectivity index (χ1v) is 6.30. The van der Waals surface area contributed by atoms with Crippen LogP contribution in [-0.2, 0) is 23.9 Å². The molecule has 20 heavy (non-hydrogen) atoms. The summed E-state index contributed by atoms with van der Waals surface area (Å²) < 4.78 is 9.12. The number of ether oxygens (including phenoxy) is 2. The molecule has 0 aromatic rings. The Hall–Kier alpha value is -1.63. The number of methoxy groups -OCH3 is 2. The summed E-state index contributed by atoms with van der Waals surface area (Å²) in [6.45, 7) is 6.84. The van der Waals surface area contributed by atoms with Crippen molar-refractivity contribution in [3.63, 3.8) is 0 Å². The van der Waals surface area contributed by atoms with Crippen molar-refractivity contribution in [3.8, 4) is 0 Å². The average Bonchev–Trinajstić information content (AvgIpc) is 2.34. The maximum atomic E-state index is 12.1. The van der Waals surface area contributed by atoms with Crippen LogP contribution in [0.2, 0.25) is 0 Å². The van der Waals surface area contributed by atoms with E-state index in [1.54, 1.807) is 6.92 Å². The van der Waals surface area contributed by atoms with Gasteiger partial charge in [0, 0.05) is 5.54 Å². The van der Waals surface area contributed by atoms with Crippen LogP contribution in [0.25, 0.3) is 0 Å². The second-order valence-electron chi connectivity index (χ2n) is 5.47. The summed E-state index contributed by atoms with van der Waals surface area (Å²) in [6.07, 6.45) is 0. The topological polar surface area (TPSA) is 84.9 Å². The smallest absolute Gasteiger partial charge is 0.319 e. The van der Waals surface area contributed by atoms with Crippen molar-refractivity contribution in [3.05, 3.63) is 0 Å². The molecule has 1 atom stereocenters. The van der Waals surface area contributed by atoms with Gasteiger partial charge in [-0.05, 0) is 27.7 Å². The minimum Gasteiger partial charge on any atom is -0.468 e. The molecule has 7 nitrogen and oxygen atoms in total. The summed E-state index contributed by atoms with van der Waals surface area (Å²) in [5.74, 6) is -1.32. The molecular formula is C13H24N2O5. The van der Waals surface area contributed by atoms with E-state index in [2.05, 4.69) is 14.8 Å². The Morgan fingerprint density at radius 3 is 1.75 bits per heavy atom. The monoisotopic (exact) mass is 288 g/mol. The summed E-state index contributed by atoms with van der Waals surface area (Å²) in [5.41, 5.74) is -0.395. The normalized spacial score (nSPS) is 12.8. The Kier molecular flexibility index (Phi) is 7.20. The zero-order valence-electron chi connectivity index (χ0n) is 13.0. The van der Waals surface area contributed by atoms with Gasteiger partial charge in [0.2, 0.25) is 5.91 Å². The molecule has 0 bridgehead atoms. The number of esters is 2. The molecule has 1 N–H and O–H groups in total. The van der Waals surface area contributed by atoms with Crippen LogP contribution in [0.15, 0.2) is 0 Å². The lowest BCUT2D eigenvalue weighted by Crippen LogP contribution is -2.53. The van der Waals surface area contributed by atoms with Crippen LogP contribution in [-0.4, -0.2) is 61.6 Å². The minimum atomic E-state index is -0.660. The van der Waals surface area contributed by atoms with E-state index in [1.807, 2.05) is 20.8 Å². The van der Waals surface area contributed by atoms with Gasteiger partial charge >= 0.3 is 11.9 Å². The molecule has 0 spiro atoms. The predicted molar refractivity (Wildman–Crippen MR) is 73.0 cm³/mol. The lowest BCUT2D eigenvalue weighted by Gasteiger charge is -2.29. The molecule has 0 aliphatic rings. The highest BCUT2D eigenvalue weighted by molar-refractivity contribution is 5.84. The number of hydrogen-bond donors (Lipinski definition) is 1. The van der Waals surface area contributed by atoms with E-state index in [1.165, 1.54) is 19.1 Å². The maximum Gasteiger partial charge on any atom is 0.319 e. The minimum absolute atomic E-state index is 0.162. The van der Waals surface area contributed by atoms with Gasteiger partial charge in [0.25, 0.3) is 0 Å². The highest BCUT2D eigenvalue weighted by Gasteiger charge is 2.28. The molecule has 0 saturated heterocycles. The first-order valence-electron chi connectivity index (χ1n) is 6.30. The van der Waals surface area contributed by atoms with Crippen LogP contribution in [0, 0.1) is 0 Å². The molecule has 0 aromatic carbocycles. The number of nitrogens with zero attached hydrogens (tertiary/aromatic N) is 1. The van der Waals surface area contributed by atoms with Crippen LogP contribution >= 0.6 is 0 Å². The van der Waals surface area contributed by atoms with E-state index in [0.717, 1.165) is 0 Å². The van der Waals surface area contributed by atoms with Gasteiger partial charge in [-0.3, -0.25) is 19.3 Å². The molecule has 116 valence electrons. The van der Waals surface area contributed by atoms with Crippen molar-refractivity contribution >= 4 is 17.8 Å². The van der Waals surface area contributed by atoms with E-state index < -0.39 is 23.5 Å². The summed E-state index contributed by atoms with van der Waals surface area (Å²) in [4.78, 5) is 36.2. The number of rotatable bonds is 6. The van der Waals surface area contributed by atoms with Crippen LogP contribution in [0.5, 0.6) is 0 Å². The zero-order valence-corrected chi connectivity index (χ0v) is 13.0. The Bertz CT molecular complexity index is 344. The number of nitrogens with one attached hydrogen (secondary N) is 1. The molecule has 0 saturated carbocycles. The molecule has 0 heterocycles. The zero-order chi connectivity index (χ0) is 15.9. The summed E-state index contributed by atoms with van der Waals surface area (Å²) in [5, 5.41) is 2.80. The summed E-state index contributed by atoms with van der Waals surface area (Å²) >= 11 is 0. The lowest BCUT2D eigenvalue weighted by atomic mass is 10.1. The van der Waals surface area contributed by atoms with E-state index in [9.17, 15) is 14.4 Å². The Labute approximate surface area is 119 Å². The molecular weight excluding hydrogens is 264 g/mol. The fourth-order valence-electron chi connectivity index (χ4n) is 1.43. The number of amides is 1. The second kappa shape index (κ2) is 7.84. The SMILES string of the molecule is COC(=O)CN(CC(=O)OC)C(C)C(=O)NC(C)(C)C. The predicted octanol–water partition coefficient (Wildman–Crippen LogP) is -0.0624. The fraction of sp³-hybridized carbons (Fsp3) is 0.769. The molecule has 0 aliphatic heterocycles. The second-order valence-corrected chi connectivity index (χ2v) is 5.47. The van der Waals surface area contributed by atoms with Crippen LogP contribution < -0.4 is 5.32 Å². The highest BCUT2D eigenvalue weighted by atomic mass is 16.5. The number of carbonyl (C=O) groups is 3. The van der Waals surface area contributed by atoms with Gasteiger partial charge in [-0.1, -0.05) is 0 Å². The van der Waals surface area contributed by atoms with Gasteiger partial charge in [0.05, 0.1) is 33.4 Å². The van der Waals surface area contributed by atoms with Crippen LogP contribution in [0.4, 0.5) is 0 Å².